The van der Waals surface area contributed by atoms with E-state index >= 15 is 0 Å². The van der Waals surface area contributed by atoms with Gasteiger partial charge in [-0.15, -0.1) is 0 Å². The van der Waals surface area contributed by atoms with Crippen molar-refractivity contribution in [2.45, 2.75) is 51.1 Å². The van der Waals surface area contributed by atoms with Gasteiger partial charge in [0.25, 0.3) is 0 Å². The summed E-state index contributed by atoms with van der Waals surface area (Å²) < 4.78 is 5.16. The SMILES string of the molecule is CN=C(NCC1(N(C)C)CCCC(C)C1)NC(C)COC. The molecule has 0 radical (unpaired) electrons. The summed E-state index contributed by atoms with van der Waals surface area (Å²) in [7, 11) is 7.94. The topological polar surface area (TPSA) is 48.9 Å². The summed E-state index contributed by atoms with van der Waals surface area (Å²) in [5, 5.41) is 6.88. The van der Waals surface area contributed by atoms with Crippen LogP contribution in [-0.2, 0) is 4.74 Å². The number of ether oxygens (including phenoxy) is 1. The Balaban J connectivity index is 2.59. The number of rotatable bonds is 6. The molecule has 21 heavy (non-hydrogen) atoms. The Morgan fingerprint density at radius 2 is 2.19 bits per heavy atom. The predicted molar refractivity (Wildman–Crippen MR) is 89.9 cm³/mol. The minimum absolute atomic E-state index is 0.236. The Morgan fingerprint density at radius 1 is 1.48 bits per heavy atom. The summed E-state index contributed by atoms with van der Waals surface area (Å²) in [6.07, 6.45) is 5.17. The molecule has 5 heteroatoms. The number of hydrogen-bond acceptors (Lipinski definition) is 3. The van der Waals surface area contributed by atoms with Crippen LogP contribution in [0.15, 0.2) is 4.99 Å². The summed E-state index contributed by atoms with van der Waals surface area (Å²) in [6.45, 7) is 6.08. The van der Waals surface area contributed by atoms with Crippen molar-refractivity contribution in [3.05, 3.63) is 0 Å². The van der Waals surface area contributed by atoms with E-state index in [4.69, 9.17) is 4.74 Å². The Bertz CT molecular complexity index is 332. The van der Waals surface area contributed by atoms with Crippen LogP contribution in [0.4, 0.5) is 0 Å². The van der Waals surface area contributed by atoms with E-state index in [-0.39, 0.29) is 11.6 Å². The van der Waals surface area contributed by atoms with E-state index in [1.807, 2.05) is 7.05 Å². The number of guanidine groups is 1. The maximum atomic E-state index is 5.16. The Kier molecular flexibility index (Phi) is 7.46. The van der Waals surface area contributed by atoms with Crippen LogP contribution in [0.1, 0.15) is 39.5 Å². The molecule has 124 valence electrons. The third-order valence-electron chi connectivity index (χ3n) is 4.62. The molecule has 1 aliphatic rings. The molecule has 2 N–H and O–H groups in total. The van der Waals surface area contributed by atoms with Crippen LogP contribution in [-0.4, -0.2) is 63.8 Å². The molecule has 0 spiro atoms. The first-order chi connectivity index (χ1) is 9.93. The van der Waals surface area contributed by atoms with Gasteiger partial charge in [-0.05, 0) is 39.8 Å². The standard InChI is InChI=1S/C16H34N4O/c1-13-8-7-9-16(10-13,20(4)5)12-18-15(17-3)19-14(2)11-21-6/h13-14H,7-12H2,1-6H3,(H2,17,18,19). The molecular weight excluding hydrogens is 264 g/mol. The fourth-order valence-electron chi connectivity index (χ4n) is 3.33. The summed E-state index contributed by atoms with van der Waals surface area (Å²) in [4.78, 5) is 6.71. The summed E-state index contributed by atoms with van der Waals surface area (Å²) in [5.41, 5.74) is 0.236. The van der Waals surface area contributed by atoms with E-state index in [0.29, 0.717) is 6.61 Å². The highest BCUT2D eigenvalue weighted by Crippen LogP contribution is 2.35. The van der Waals surface area contributed by atoms with Crippen molar-refractivity contribution in [2.24, 2.45) is 10.9 Å². The van der Waals surface area contributed by atoms with E-state index in [1.54, 1.807) is 7.11 Å². The maximum Gasteiger partial charge on any atom is 0.191 e. The predicted octanol–water partition coefficient (Wildman–Crippen LogP) is 1.70. The van der Waals surface area contributed by atoms with Gasteiger partial charge in [0.15, 0.2) is 5.96 Å². The smallest absolute Gasteiger partial charge is 0.191 e. The Hall–Kier alpha value is -0.810. The zero-order chi connectivity index (χ0) is 15.9. The first kappa shape index (κ1) is 18.2. The van der Waals surface area contributed by atoms with Crippen LogP contribution in [0.2, 0.25) is 0 Å². The van der Waals surface area contributed by atoms with Crippen molar-refractivity contribution in [3.63, 3.8) is 0 Å². The van der Waals surface area contributed by atoms with Crippen LogP contribution in [0, 0.1) is 5.92 Å². The summed E-state index contributed by atoms with van der Waals surface area (Å²) in [6, 6.07) is 0.252. The number of likely N-dealkylation sites (N-methyl/N-ethyl adjacent to an activating group) is 1. The van der Waals surface area contributed by atoms with Crippen LogP contribution in [0.5, 0.6) is 0 Å². The molecule has 0 aromatic heterocycles. The van der Waals surface area contributed by atoms with Gasteiger partial charge < -0.3 is 20.3 Å². The largest absolute Gasteiger partial charge is 0.383 e. The van der Waals surface area contributed by atoms with Gasteiger partial charge in [-0.1, -0.05) is 19.8 Å². The third-order valence-corrected chi connectivity index (χ3v) is 4.62. The molecule has 1 fully saturated rings. The van der Waals surface area contributed by atoms with Gasteiger partial charge in [-0.25, -0.2) is 0 Å². The molecule has 0 aromatic carbocycles. The van der Waals surface area contributed by atoms with E-state index in [1.165, 1.54) is 25.7 Å². The monoisotopic (exact) mass is 298 g/mol. The molecular formula is C16H34N4O. The lowest BCUT2D eigenvalue weighted by molar-refractivity contribution is 0.0794. The molecule has 0 bridgehead atoms. The second-order valence-corrected chi connectivity index (χ2v) is 6.75. The lowest BCUT2D eigenvalue weighted by Gasteiger charge is -2.45. The van der Waals surface area contributed by atoms with Gasteiger partial charge in [0.2, 0.25) is 0 Å². The van der Waals surface area contributed by atoms with E-state index in [0.717, 1.165) is 18.4 Å². The third kappa shape index (κ3) is 5.47. The number of aliphatic imine (C=N–C) groups is 1. The molecule has 0 amide bonds. The highest BCUT2D eigenvalue weighted by Gasteiger charge is 2.36. The van der Waals surface area contributed by atoms with Crippen molar-refractivity contribution in [1.82, 2.24) is 15.5 Å². The van der Waals surface area contributed by atoms with Gasteiger partial charge in [0, 0.05) is 32.3 Å². The van der Waals surface area contributed by atoms with E-state index in [2.05, 4.69) is 48.5 Å². The van der Waals surface area contributed by atoms with Gasteiger partial charge in [0.1, 0.15) is 0 Å². The number of methoxy groups -OCH3 is 1. The van der Waals surface area contributed by atoms with E-state index in [9.17, 15) is 0 Å². The molecule has 0 saturated heterocycles. The highest BCUT2D eigenvalue weighted by atomic mass is 16.5. The molecule has 0 aromatic rings. The second-order valence-electron chi connectivity index (χ2n) is 6.75. The number of hydrogen-bond donors (Lipinski definition) is 2. The lowest BCUT2D eigenvalue weighted by atomic mass is 9.75. The normalized spacial score (nSPS) is 28.5. The number of nitrogens with zero attached hydrogens (tertiary/aromatic N) is 2. The highest BCUT2D eigenvalue weighted by molar-refractivity contribution is 5.80. The van der Waals surface area contributed by atoms with Crippen LogP contribution in [0.25, 0.3) is 0 Å². The van der Waals surface area contributed by atoms with Crippen molar-refractivity contribution in [1.29, 1.82) is 0 Å². The average molecular weight is 298 g/mol. The molecule has 0 aliphatic heterocycles. The second kappa shape index (κ2) is 8.59. The average Bonchev–Trinajstić information content (AvgIpc) is 2.43. The zero-order valence-corrected chi connectivity index (χ0v) is 14.7. The lowest BCUT2D eigenvalue weighted by Crippen LogP contribution is -2.57. The zero-order valence-electron chi connectivity index (χ0n) is 14.7. The van der Waals surface area contributed by atoms with Crippen molar-refractivity contribution in [3.8, 4) is 0 Å². The van der Waals surface area contributed by atoms with Crippen LogP contribution < -0.4 is 10.6 Å². The van der Waals surface area contributed by atoms with Gasteiger partial charge in [0.05, 0.1) is 6.61 Å². The summed E-state index contributed by atoms with van der Waals surface area (Å²) in [5.74, 6) is 1.66. The van der Waals surface area contributed by atoms with E-state index < -0.39 is 0 Å². The molecule has 3 unspecified atom stereocenters. The molecule has 5 nitrogen and oxygen atoms in total. The first-order valence-corrected chi connectivity index (χ1v) is 8.07. The van der Waals surface area contributed by atoms with Crippen LogP contribution >= 0.6 is 0 Å². The summed E-state index contributed by atoms with van der Waals surface area (Å²) >= 11 is 0. The van der Waals surface area contributed by atoms with Crippen molar-refractivity contribution in [2.75, 3.05) is 41.4 Å². The van der Waals surface area contributed by atoms with Gasteiger partial charge in [-0.2, -0.15) is 0 Å². The van der Waals surface area contributed by atoms with Crippen molar-refractivity contribution >= 4 is 5.96 Å². The fourth-order valence-corrected chi connectivity index (χ4v) is 3.33. The molecule has 1 aliphatic carbocycles. The van der Waals surface area contributed by atoms with Crippen molar-refractivity contribution < 1.29 is 4.74 Å². The minimum atomic E-state index is 0.236. The Labute approximate surface area is 130 Å². The first-order valence-electron chi connectivity index (χ1n) is 8.07. The molecule has 1 saturated carbocycles. The minimum Gasteiger partial charge on any atom is -0.383 e. The molecule has 0 heterocycles. The Morgan fingerprint density at radius 3 is 2.71 bits per heavy atom. The molecule has 1 rings (SSSR count). The maximum absolute atomic E-state index is 5.16. The fraction of sp³-hybridized carbons (Fsp3) is 0.938. The number of nitrogens with one attached hydrogen (secondary N) is 2. The molecule has 3 atom stereocenters. The quantitative estimate of drug-likeness (QED) is 0.579. The van der Waals surface area contributed by atoms with Gasteiger partial charge in [-0.3, -0.25) is 4.99 Å². The van der Waals surface area contributed by atoms with Gasteiger partial charge >= 0.3 is 0 Å². The van der Waals surface area contributed by atoms with Crippen LogP contribution in [0.3, 0.4) is 0 Å².